The van der Waals surface area contributed by atoms with E-state index in [0.29, 0.717) is 11.8 Å². The molecule has 0 aromatic carbocycles. The SMILES string of the molecule is O=CCC#Cc1ccc(C(=O)O)nc1. The van der Waals surface area contributed by atoms with Crippen LogP contribution in [0.1, 0.15) is 22.5 Å². The number of carboxylic acids is 1. The van der Waals surface area contributed by atoms with Gasteiger partial charge in [-0.15, -0.1) is 0 Å². The lowest BCUT2D eigenvalue weighted by Crippen LogP contribution is -1.99. The molecule has 0 fully saturated rings. The van der Waals surface area contributed by atoms with Crippen LogP contribution in [-0.2, 0) is 4.79 Å². The molecule has 1 heterocycles. The molecule has 0 saturated heterocycles. The van der Waals surface area contributed by atoms with Crippen LogP contribution in [-0.4, -0.2) is 22.3 Å². The van der Waals surface area contributed by atoms with Crippen molar-refractivity contribution < 1.29 is 14.7 Å². The highest BCUT2D eigenvalue weighted by atomic mass is 16.4. The van der Waals surface area contributed by atoms with Gasteiger partial charge in [0.2, 0.25) is 0 Å². The van der Waals surface area contributed by atoms with Crippen molar-refractivity contribution in [1.29, 1.82) is 0 Å². The van der Waals surface area contributed by atoms with Crippen LogP contribution in [0.2, 0.25) is 0 Å². The smallest absolute Gasteiger partial charge is 0.354 e. The topological polar surface area (TPSA) is 67.3 Å². The van der Waals surface area contributed by atoms with E-state index >= 15 is 0 Å². The molecule has 0 amide bonds. The van der Waals surface area contributed by atoms with Crippen molar-refractivity contribution in [3.63, 3.8) is 0 Å². The van der Waals surface area contributed by atoms with Crippen molar-refractivity contribution in [3.05, 3.63) is 29.6 Å². The fourth-order valence-electron chi connectivity index (χ4n) is 0.789. The van der Waals surface area contributed by atoms with E-state index in [4.69, 9.17) is 5.11 Å². The first-order valence-corrected chi connectivity index (χ1v) is 3.86. The van der Waals surface area contributed by atoms with Crippen molar-refractivity contribution in [2.45, 2.75) is 6.42 Å². The number of aldehydes is 1. The van der Waals surface area contributed by atoms with E-state index in [1.807, 2.05) is 0 Å². The van der Waals surface area contributed by atoms with E-state index in [9.17, 15) is 9.59 Å². The third-order valence-corrected chi connectivity index (χ3v) is 1.40. The summed E-state index contributed by atoms with van der Waals surface area (Å²) in [6.07, 6.45) is 2.23. The van der Waals surface area contributed by atoms with E-state index in [2.05, 4.69) is 16.8 Å². The molecule has 4 heteroatoms. The van der Waals surface area contributed by atoms with Gasteiger partial charge in [-0.05, 0) is 12.1 Å². The van der Waals surface area contributed by atoms with Crippen molar-refractivity contribution >= 4 is 12.3 Å². The maximum atomic E-state index is 10.4. The summed E-state index contributed by atoms with van der Waals surface area (Å²) in [6, 6.07) is 2.92. The van der Waals surface area contributed by atoms with Crippen LogP contribution < -0.4 is 0 Å². The van der Waals surface area contributed by atoms with E-state index < -0.39 is 5.97 Å². The molecule has 1 rings (SSSR count). The third-order valence-electron chi connectivity index (χ3n) is 1.40. The van der Waals surface area contributed by atoms with Crippen LogP contribution in [0.25, 0.3) is 0 Å². The van der Waals surface area contributed by atoms with Crippen LogP contribution in [0, 0.1) is 11.8 Å². The Labute approximate surface area is 80.6 Å². The standard InChI is InChI=1S/C10H7NO3/c12-6-2-1-3-8-4-5-9(10(13)14)11-7-8/h4-7H,2H2,(H,13,14). The number of hydrogen-bond acceptors (Lipinski definition) is 3. The van der Waals surface area contributed by atoms with Gasteiger partial charge >= 0.3 is 5.97 Å². The maximum absolute atomic E-state index is 10.4. The summed E-state index contributed by atoms with van der Waals surface area (Å²) in [5, 5.41) is 8.54. The van der Waals surface area contributed by atoms with Gasteiger partial charge in [-0.1, -0.05) is 11.8 Å². The zero-order chi connectivity index (χ0) is 10.4. The predicted molar refractivity (Wildman–Crippen MR) is 48.8 cm³/mol. The third kappa shape index (κ3) is 2.72. The average Bonchev–Trinajstić information content (AvgIpc) is 2.19. The molecule has 0 saturated carbocycles. The highest BCUT2D eigenvalue weighted by Gasteiger charge is 2.01. The molecule has 0 aliphatic rings. The minimum absolute atomic E-state index is 0.0223. The van der Waals surface area contributed by atoms with Gasteiger partial charge in [0.15, 0.2) is 0 Å². The van der Waals surface area contributed by atoms with Crippen molar-refractivity contribution in [1.82, 2.24) is 4.98 Å². The Hall–Kier alpha value is -2.15. The van der Waals surface area contributed by atoms with E-state index in [1.165, 1.54) is 12.3 Å². The minimum Gasteiger partial charge on any atom is -0.477 e. The van der Waals surface area contributed by atoms with Crippen LogP contribution in [0.5, 0.6) is 0 Å². The molecule has 0 aliphatic heterocycles. The molecule has 1 aromatic heterocycles. The summed E-state index contributed by atoms with van der Waals surface area (Å²) in [4.78, 5) is 24.0. The largest absolute Gasteiger partial charge is 0.477 e. The summed E-state index contributed by atoms with van der Waals surface area (Å²) in [7, 11) is 0. The lowest BCUT2D eigenvalue weighted by molar-refractivity contribution is -0.107. The fraction of sp³-hybridized carbons (Fsp3) is 0.100. The van der Waals surface area contributed by atoms with Gasteiger partial charge in [-0.3, -0.25) is 0 Å². The number of carboxylic acid groups (broad SMARTS) is 1. The van der Waals surface area contributed by atoms with Crippen LogP contribution in [0.15, 0.2) is 18.3 Å². The molecule has 1 aromatic rings. The van der Waals surface area contributed by atoms with E-state index in [-0.39, 0.29) is 12.1 Å². The lowest BCUT2D eigenvalue weighted by atomic mass is 10.2. The number of aromatic nitrogens is 1. The lowest BCUT2D eigenvalue weighted by Gasteiger charge is -1.92. The van der Waals surface area contributed by atoms with Gasteiger partial charge in [-0.2, -0.15) is 0 Å². The van der Waals surface area contributed by atoms with Gasteiger partial charge in [-0.25, -0.2) is 9.78 Å². The second-order valence-corrected chi connectivity index (χ2v) is 2.41. The van der Waals surface area contributed by atoms with Gasteiger partial charge in [0, 0.05) is 11.8 Å². The second kappa shape index (κ2) is 4.77. The van der Waals surface area contributed by atoms with Gasteiger partial charge in [0.25, 0.3) is 0 Å². The van der Waals surface area contributed by atoms with E-state index in [1.54, 1.807) is 6.07 Å². The summed E-state index contributed by atoms with van der Waals surface area (Å²) < 4.78 is 0. The van der Waals surface area contributed by atoms with Crippen LogP contribution in [0.4, 0.5) is 0 Å². The van der Waals surface area contributed by atoms with Gasteiger partial charge in [0.1, 0.15) is 12.0 Å². The summed E-state index contributed by atoms with van der Waals surface area (Å²) in [5.74, 6) is 4.20. The monoisotopic (exact) mass is 189 g/mol. The van der Waals surface area contributed by atoms with Crippen LogP contribution >= 0.6 is 0 Å². The number of hydrogen-bond donors (Lipinski definition) is 1. The van der Waals surface area contributed by atoms with E-state index in [0.717, 1.165) is 0 Å². The predicted octanol–water partition coefficient (Wildman–Crippen LogP) is 0.720. The van der Waals surface area contributed by atoms with Gasteiger partial charge in [0.05, 0.1) is 6.42 Å². The normalized spacial score (nSPS) is 8.57. The molecule has 14 heavy (non-hydrogen) atoms. The number of pyridine rings is 1. The Morgan fingerprint density at radius 1 is 1.57 bits per heavy atom. The number of rotatable bonds is 2. The first-order chi connectivity index (χ1) is 6.74. The second-order valence-electron chi connectivity index (χ2n) is 2.41. The molecule has 0 spiro atoms. The summed E-state index contributed by atoms with van der Waals surface area (Å²) in [6.45, 7) is 0. The molecule has 4 nitrogen and oxygen atoms in total. The molecular formula is C10H7NO3. The Kier molecular flexibility index (Phi) is 3.39. The Bertz CT molecular complexity index is 398. The zero-order valence-electron chi connectivity index (χ0n) is 7.23. The van der Waals surface area contributed by atoms with Crippen LogP contribution in [0.3, 0.4) is 0 Å². The Balaban J connectivity index is 2.80. The van der Waals surface area contributed by atoms with Gasteiger partial charge < -0.3 is 9.90 Å². The number of aromatic carboxylic acids is 1. The highest BCUT2D eigenvalue weighted by molar-refractivity contribution is 5.85. The van der Waals surface area contributed by atoms with Crippen molar-refractivity contribution in [2.24, 2.45) is 0 Å². The number of nitrogens with zero attached hydrogens (tertiary/aromatic N) is 1. The Morgan fingerprint density at radius 2 is 2.36 bits per heavy atom. The maximum Gasteiger partial charge on any atom is 0.354 e. The average molecular weight is 189 g/mol. The molecular weight excluding hydrogens is 182 g/mol. The quantitative estimate of drug-likeness (QED) is 0.549. The molecule has 0 bridgehead atoms. The molecule has 0 aliphatic carbocycles. The minimum atomic E-state index is -1.07. The first-order valence-electron chi connectivity index (χ1n) is 3.86. The van der Waals surface area contributed by atoms with Crippen molar-refractivity contribution in [2.75, 3.05) is 0 Å². The molecule has 70 valence electrons. The highest BCUT2D eigenvalue weighted by Crippen LogP contribution is 1.98. The zero-order valence-corrected chi connectivity index (χ0v) is 7.23. The molecule has 1 N–H and O–H groups in total. The molecule has 0 atom stereocenters. The first kappa shape index (κ1) is 9.93. The molecule has 0 unspecified atom stereocenters. The van der Waals surface area contributed by atoms with Crippen molar-refractivity contribution in [3.8, 4) is 11.8 Å². The number of carbonyl (C=O) groups excluding carboxylic acids is 1. The molecule has 0 radical (unpaired) electrons. The summed E-state index contributed by atoms with van der Waals surface area (Å²) in [5.41, 5.74) is 0.572. The summed E-state index contributed by atoms with van der Waals surface area (Å²) >= 11 is 0. The Morgan fingerprint density at radius 3 is 2.86 bits per heavy atom. The number of carbonyl (C=O) groups is 2. The fourth-order valence-corrected chi connectivity index (χ4v) is 0.789.